The van der Waals surface area contributed by atoms with Crippen LogP contribution in [0.5, 0.6) is 5.75 Å². The molecule has 2 aromatic rings. The topological polar surface area (TPSA) is 24.5 Å². The van der Waals surface area contributed by atoms with Crippen LogP contribution in [0.4, 0.5) is 17.6 Å². The monoisotopic (exact) mass is 494 g/mol. The molecule has 0 spiro atoms. The number of nitrogens with zero attached hydrogens (tertiary/aromatic N) is 1. The predicted molar refractivity (Wildman–Crippen MR) is 110 cm³/mol. The first-order valence-corrected chi connectivity index (χ1v) is 8.96. The molecule has 0 aliphatic carbocycles. The van der Waals surface area contributed by atoms with Crippen LogP contribution in [-0.2, 0) is 0 Å². The summed E-state index contributed by atoms with van der Waals surface area (Å²) in [5.41, 5.74) is 0.796. The minimum atomic E-state index is -4.78. The van der Waals surface area contributed by atoms with Crippen molar-refractivity contribution in [3.05, 3.63) is 63.4 Å². The van der Waals surface area contributed by atoms with Crippen molar-refractivity contribution in [2.45, 2.75) is 12.4 Å². The van der Waals surface area contributed by atoms with Crippen LogP contribution in [0.1, 0.15) is 17.2 Å². The number of alkyl halides is 3. The lowest BCUT2D eigenvalue weighted by Crippen LogP contribution is -2.45. The zero-order chi connectivity index (χ0) is 19.6. The molecular formula is C18H18Cl4F4N2O. The Kier molecular flexibility index (Phi) is 9.79. The lowest BCUT2D eigenvalue weighted by Gasteiger charge is -2.36. The molecule has 1 heterocycles. The average molecular weight is 496 g/mol. The molecule has 0 radical (unpaired) electrons. The van der Waals surface area contributed by atoms with E-state index in [1.807, 2.05) is 4.90 Å². The summed E-state index contributed by atoms with van der Waals surface area (Å²) >= 11 is 12.4. The maximum Gasteiger partial charge on any atom is 0.573 e. The molecule has 1 fully saturated rings. The van der Waals surface area contributed by atoms with Gasteiger partial charge in [-0.2, -0.15) is 0 Å². The number of benzene rings is 2. The molecule has 29 heavy (non-hydrogen) atoms. The van der Waals surface area contributed by atoms with Gasteiger partial charge in [-0.3, -0.25) is 4.90 Å². The third-order valence-electron chi connectivity index (χ3n) is 4.30. The van der Waals surface area contributed by atoms with Crippen LogP contribution < -0.4 is 10.1 Å². The molecule has 0 unspecified atom stereocenters. The molecule has 1 N–H and O–H groups in total. The second-order valence-corrected chi connectivity index (χ2v) is 6.85. The van der Waals surface area contributed by atoms with Gasteiger partial charge in [0.05, 0.1) is 16.1 Å². The molecule has 1 aliphatic heterocycles. The molecule has 3 nitrogen and oxygen atoms in total. The van der Waals surface area contributed by atoms with Gasteiger partial charge in [-0.1, -0.05) is 35.3 Å². The number of hydrogen-bond acceptors (Lipinski definition) is 3. The standard InChI is InChI=1S/C18H16Cl2F4N2O.2ClH/c19-13-5-6-14(21)15(16(13)20)17(26-9-7-25-8-10-26)11-1-3-12(4-2-11)27-18(22,23)24;;/h1-6,17,25H,7-10H2;2*1H/t17-;;/m1../s1. The lowest BCUT2D eigenvalue weighted by atomic mass is 9.95. The van der Waals surface area contributed by atoms with E-state index in [0.29, 0.717) is 31.7 Å². The van der Waals surface area contributed by atoms with E-state index in [2.05, 4.69) is 10.1 Å². The molecule has 162 valence electrons. The molecular weight excluding hydrogens is 478 g/mol. The van der Waals surface area contributed by atoms with Gasteiger partial charge >= 0.3 is 6.36 Å². The number of ether oxygens (including phenoxy) is 1. The maximum absolute atomic E-state index is 14.7. The SMILES string of the molecule is Cl.Cl.Fc1ccc(Cl)c(Cl)c1[C@@H](c1ccc(OC(F)(F)F)cc1)N1CCNCC1. The van der Waals surface area contributed by atoms with Crippen LogP contribution in [0.25, 0.3) is 0 Å². The molecule has 0 amide bonds. The Morgan fingerprint density at radius 2 is 1.55 bits per heavy atom. The predicted octanol–water partition coefficient (Wildman–Crippen LogP) is 5.87. The highest BCUT2D eigenvalue weighted by Crippen LogP contribution is 2.39. The second kappa shape index (κ2) is 10.9. The quantitative estimate of drug-likeness (QED) is 0.424. The zero-order valence-electron chi connectivity index (χ0n) is 14.8. The van der Waals surface area contributed by atoms with Gasteiger partial charge in [-0.05, 0) is 29.8 Å². The van der Waals surface area contributed by atoms with Crippen molar-refractivity contribution in [3.8, 4) is 5.75 Å². The Balaban J connectivity index is 0.00000210. The van der Waals surface area contributed by atoms with E-state index in [4.69, 9.17) is 23.2 Å². The Morgan fingerprint density at radius 1 is 0.966 bits per heavy atom. The van der Waals surface area contributed by atoms with Gasteiger partial charge in [0, 0.05) is 31.7 Å². The Morgan fingerprint density at radius 3 is 2.10 bits per heavy atom. The van der Waals surface area contributed by atoms with Crippen LogP contribution in [0, 0.1) is 5.82 Å². The number of halogens is 8. The van der Waals surface area contributed by atoms with Crippen molar-refractivity contribution in [2.75, 3.05) is 26.2 Å². The fourth-order valence-corrected chi connectivity index (χ4v) is 3.57. The highest BCUT2D eigenvalue weighted by atomic mass is 35.5. The van der Waals surface area contributed by atoms with E-state index < -0.39 is 18.2 Å². The first kappa shape index (κ1) is 26.1. The Bertz CT molecular complexity index is 800. The van der Waals surface area contributed by atoms with Crippen LogP contribution in [0.2, 0.25) is 10.0 Å². The summed E-state index contributed by atoms with van der Waals surface area (Å²) in [6.07, 6.45) is -4.78. The van der Waals surface area contributed by atoms with Crippen LogP contribution in [0.3, 0.4) is 0 Å². The van der Waals surface area contributed by atoms with Gasteiger partial charge in [0.2, 0.25) is 0 Å². The molecule has 2 aromatic carbocycles. The molecule has 1 aliphatic rings. The van der Waals surface area contributed by atoms with Crippen molar-refractivity contribution < 1.29 is 22.3 Å². The maximum atomic E-state index is 14.7. The first-order chi connectivity index (χ1) is 12.8. The van der Waals surface area contributed by atoms with E-state index in [-0.39, 0.29) is 46.2 Å². The summed E-state index contributed by atoms with van der Waals surface area (Å²) in [5.74, 6) is -0.869. The Labute approximate surface area is 188 Å². The molecule has 3 rings (SSSR count). The summed E-state index contributed by atoms with van der Waals surface area (Å²) in [6.45, 7) is 2.64. The van der Waals surface area contributed by atoms with Crippen molar-refractivity contribution in [3.63, 3.8) is 0 Å². The highest BCUT2D eigenvalue weighted by Gasteiger charge is 2.32. The molecule has 1 atom stereocenters. The normalized spacial score (nSPS) is 15.8. The fraction of sp³-hybridized carbons (Fsp3) is 0.333. The minimum absolute atomic E-state index is 0. The summed E-state index contributed by atoms with van der Waals surface area (Å²) in [6, 6.07) is 7.38. The summed E-state index contributed by atoms with van der Waals surface area (Å²) in [4.78, 5) is 2.01. The second-order valence-electron chi connectivity index (χ2n) is 6.06. The van der Waals surface area contributed by atoms with Gasteiger partial charge in [0.15, 0.2) is 0 Å². The van der Waals surface area contributed by atoms with Crippen molar-refractivity contribution in [1.29, 1.82) is 0 Å². The Hall–Kier alpha value is -0.960. The average Bonchev–Trinajstić information content (AvgIpc) is 2.62. The minimum Gasteiger partial charge on any atom is -0.406 e. The van der Waals surface area contributed by atoms with Crippen molar-refractivity contribution >= 4 is 48.0 Å². The third kappa shape index (κ3) is 6.51. The summed E-state index contributed by atoms with van der Waals surface area (Å²) in [5, 5.41) is 3.52. The van der Waals surface area contributed by atoms with Gasteiger partial charge in [0.25, 0.3) is 0 Å². The van der Waals surface area contributed by atoms with Crippen LogP contribution in [-0.4, -0.2) is 37.4 Å². The summed E-state index contributed by atoms with van der Waals surface area (Å²) < 4.78 is 55.7. The van der Waals surface area contributed by atoms with Crippen molar-refractivity contribution in [2.24, 2.45) is 0 Å². The zero-order valence-corrected chi connectivity index (χ0v) is 18.0. The molecule has 0 bridgehead atoms. The van der Waals surface area contributed by atoms with E-state index in [0.717, 1.165) is 0 Å². The van der Waals surface area contributed by atoms with E-state index in [1.165, 1.54) is 36.4 Å². The number of hydrogen-bond donors (Lipinski definition) is 1. The lowest BCUT2D eigenvalue weighted by molar-refractivity contribution is -0.274. The molecule has 1 saturated heterocycles. The summed E-state index contributed by atoms with van der Waals surface area (Å²) in [7, 11) is 0. The first-order valence-electron chi connectivity index (χ1n) is 8.20. The molecule has 0 aromatic heterocycles. The van der Waals surface area contributed by atoms with E-state index >= 15 is 0 Å². The van der Waals surface area contributed by atoms with E-state index in [9.17, 15) is 17.6 Å². The van der Waals surface area contributed by atoms with Gasteiger partial charge < -0.3 is 10.1 Å². The van der Waals surface area contributed by atoms with Crippen LogP contribution >= 0.6 is 48.0 Å². The highest BCUT2D eigenvalue weighted by molar-refractivity contribution is 6.42. The largest absolute Gasteiger partial charge is 0.573 e. The molecule has 11 heteroatoms. The van der Waals surface area contributed by atoms with Gasteiger partial charge in [-0.15, -0.1) is 38.0 Å². The smallest absolute Gasteiger partial charge is 0.406 e. The number of nitrogens with one attached hydrogen (secondary N) is 1. The van der Waals surface area contributed by atoms with Gasteiger partial charge in [-0.25, -0.2) is 4.39 Å². The van der Waals surface area contributed by atoms with Crippen molar-refractivity contribution in [1.82, 2.24) is 10.2 Å². The van der Waals surface area contributed by atoms with Crippen LogP contribution in [0.15, 0.2) is 36.4 Å². The van der Waals surface area contributed by atoms with Gasteiger partial charge in [0.1, 0.15) is 11.6 Å². The number of piperazine rings is 1. The fourth-order valence-electron chi connectivity index (χ4n) is 3.15. The van der Waals surface area contributed by atoms with E-state index in [1.54, 1.807) is 0 Å². The number of rotatable bonds is 4. The molecule has 0 saturated carbocycles. The third-order valence-corrected chi connectivity index (χ3v) is 5.12.